The van der Waals surface area contributed by atoms with Crippen molar-refractivity contribution in [2.45, 2.75) is 31.8 Å². The Hall–Kier alpha value is -0.430. The molecule has 19 heavy (non-hydrogen) atoms. The van der Waals surface area contributed by atoms with Crippen molar-refractivity contribution in [2.75, 3.05) is 13.1 Å². The number of carbonyl (C=O) groups is 1. The highest BCUT2D eigenvalue weighted by molar-refractivity contribution is 9.10. The zero-order chi connectivity index (χ0) is 14.0. The second-order valence-corrected chi connectivity index (χ2v) is 6.93. The first-order valence-corrected chi connectivity index (χ1v) is 8.23. The second kappa shape index (κ2) is 6.35. The number of hydrogen-bond donors (Lipinski definition) is 2. The van der Waals surface area contributed by atoms with Gasteiger partial charge in [0.1, 0.15) is 0 Å². The highest BCUT2D eigenvalue weighted by Crippen LogP contribution is 2.35. The molecule has 1 saturated heterocycles. The third kappa shape index (κ3) is 3.37. The van der Waals surface area contributed by atoms with Crippen LogP contribution in [0.1, 0.15) is 30.7 Å². The van der Waals surface area contributed by atoms with E-state index in [9.17, 15) is 4.79 Å². The predicted molar refractivity (Wildman–Crippen MR) is 81.9 cm³/mol. The first-order valence-electron chi connectivity index (χ1n) is 6.55. The summed E-state index contributed by atoms with van der Waals surface area (Å²) in [5.74, 6) is -0.228. The highest BCUT2D eigenvalue weighted by atomic mass is 79.9. The summed E-state index contributed by atoms with van der Waals surface area (Å²) in [6.07, 6.45) is 1.76. The number of nitrogens with two attached hydrogens (primary N) is 2. The first kappa shape index (κ1) is 15.0. The molecule has 1 aromatic rings. The van der Waals surface area contributed by atoms with Crippen LogP contribution in [0.15, 0.2) is 15.9 Å². The molecule has 6 heteroatoms. The Bertz CT molecular complexity index is 451. The fourth-order valence-electron chi connectivity index (χ4n) is 2.64. The third-order valence-corrected chi connectivity index (χ3v) is 5.54. The molecule has 4 nitrogen and oxygen atoms in total. The maximum atomic E-state index is 11.3. The average molecular weight is 346 g/mol. The minimum absolute atomic E-state index is 0.0324. The van der Waals surface area contributed by atoms with Crippen molar-refractivity contribution in [2.24, 2.45) is 17.4 Å². The molecule has 0 saturated carbocycles. The number of carbonyl (C=O) groups excluding carboxylic acids is 1. The van der Waals surface area contributed by atoms with Gasteiger partial charge in [0, 0.05) is 27.3 Å². The molecule has 0 aromatic carbocycles. The second-order valence-electron chi connectivity index (χ2n) is 5.07. The highest BCUT2D eigenvalue weighted by Gasteiger charge is 2.34. The monoisotopic (exact) mass is 345 g/mol. The van der Waals surface area contributed by atoms with E-state index in [1.54, 1.807) is 11.3 Å². The zero-order valence-electron chi connectivity index (χ0n) is 11.0. The van der Waals surface area contributed by atoms with Crippen LogP contribution in [0.25, 0.3) is 0 Å². The summed E-state index contributed by atoms with van der Waals surface area (Å²) in [6, 6.07) is 2.39. The van der Waals surface area contributed by atoms with E-state index in [4.69, 9.17) is 11.5 Å². The summed E-state index contributed by atoms with van der Waals surface area (Å²) < 4.78 is 1.09. The molecule has 1 aliphatic heterocycles. The maximum absolute atomic E-state index is 11.3. The summed E-state index contributed by atoms with van der Waals surface area (Å²) in [5.41, 5.74) is 11.7. The molecule has 106 valence electrons. The molecule has 2 heterocycles. The van der Waals surface area contributed by atoms with Crippen molar-refractivity contribution in [3.8, 4) is 0 Å². The molecule has 3 atom stereocenters. The van der Waals surface area contributed by atoms with Crippen molar-refractivity contribution in [1.82, 2.24) is 4.90 Å². The van der Waals surface area contributed by atoms with Crippen molar-refractivity contribution >= 4 is 33.2 Å². The molecule has 3 unspecified atom stereocenters. The molecule has 1 fully saturated rings. The third-order valence-electron chi connectivity index (χ3n) is 3.77. The lowest BCUT2D eigenvalue weighted by molar-refractivity contribution is -0.121. The molecule has 1 amide bonds. The number of likely N-dealkylation sites (tertiary alicyclic amines) is 1. The number of nitrogens with zero attached hydrogens (tertiary/aromatic N) is 1. The predicted octanol–water partition coefficient (Wildman–Crippen LogP) is 2.10. The van der Waals surface area contributed by atoms with Crippen LogP contribution in [-0.2, 0) is 4.79 Å². The van der Waals surface area contributed by atoms with Crippen LogP contribution in [0.3, 0.4) is 0 Å². The van der Waals surface area contributed by atoms with Gasteiger partial charge in [-0.15, -0.1) is 11.3 Å². The van der Waals surface area contributed by atoms with E-state index in [1.165, 1.54) is 4.88 Å². The van der Waals surface area contributed by atoms with Crippen LogP contribution >= 0.6 is 27.3 Å². The number of thiophene rings is 1. The molecule has 2 rings (SSSR count). The Kier molecular flexibility index (Phi) is 5.00. The van der Waals surface area contributed by atoms with E-state index < -0.39 is 0 Å². The van der Waals surface area contributed by atoms with Gasteiger partial charge in [-0.05, 0) is 41.4 Å². The zero-order valence-corrected chi connectivity index (χ0v) is 13.4. The average Bonchev–Trinajstić information content (AvgIpc) is 2.99. The van der Waals surface area contributed by atoms with Crippen molar-refractivity contribution in [1.29, 1.82) is 0 Å². The van der Waals surface area contributed by atoms with Gasteiger partial charge in [0.15, 0.2) is 0 Å². The van der Waals surface area contributed by atoms with Crippen molar-refractivity contribution < 1.29 is 4.79 Å². The number of amides is 1. The van der Waals surface area contributed by atoms with Gasteiger partial charge < -0.3 is 11.5 Å². The largest absolute Gasteiger partial charge is 0.369 e. The SMILES string of the molecule is CCC(N)C(c1cc(Br)cs1)N1CCC(C(N)=O)C1. The molecule has 0 spiro atoms. The van der Waals surface area contributed by atoms with Gasteiger partial charge in [0.05, 0.1) is 12.0 Å². The van der Waals surface area contributed by atoms with Crippen molar-refractivity contribution in [3.63, 3.8) is 0 Å². The first-order chi connectivity index (χ1) is 9.02. The molecule has 0 bridgehead atoms. The topological polar surface area (TPSA) is 72.3 Å². The number of halogens is 1. The molecule has 4 N–H and O–H groups in total. The lowest BCUT2D eigenvalue weighted by Gasteiger charge is -2.31. The van der Waals surface area contributed by atoms with Crippen LogP contribution in [0.4, 0.5) is 0 Å². The maximum Gasteiger partial charge on any atom is 0.221 e. The molecule has 1 aromatic heterocycles. The van der Waals surface area contributed by atoms with Gasteiger partial charge in [-0.3, -0.25) is 9.69 Å². The van der Waals surface area contributed by atoms with Gasteiger partial charge >= 0.3 is 0 Å². The summed E-state index contributed by atoms with van der Waals surface area (Å²) in [6.45, 7) is 3.71. The fraction of sp³-hybridized carbons (Fsp3) is 0.615. The number of hydrogen-bond acceptors (Lipinski definition) is 4. The molecular weight excluding hydrogens is 326 g/mol. The van der Waals surface area contributed by atoms with E-state index in [-0.39, 0.29) is 23.9 Å². The smallest absolute Gasteiger partial charge is 0.221 e. The van der Waals surface area contributed by atoms with Crippen LogP contribution < -0.4 is 11.5 Å². The standard InChI is InChI=1S/C13H20BrN3OS/c1-2-10(15)12(11-5-9(14)7-19-11)17-4-3-8(6-17)13(16)18/h5,7-8,10,12H,2-4,6,15H2,1H3,(H2,16,18). The van der Waals surface area contributed by atoms with Gasteiger partial charge in [-0.1, -0.05) is 6.92 Å². The van der Waals surface area contributed by atoms with E-state index in [0.29, 0.717) is 0 Å². The Morgan fingerprint density at radius 3 is 2.89 bits per heavy atom. The summed E-state index contributed by atoms with van der Waals surface area (Å²) >= 11 is 5.21. The van der Waals surface area contributed by atoms with E-state index >= 15 is 0 Å². The van der Waals surface area contributed by atoms with Crippen molar-refractivity contribution in [3.05, 3.63) is 20.8 Å². The molecule has 1 aliphatic rings. The van der Waals surface area contributed by atoms with Crippen LogP contribution in [0.2, 0.25) is 0 Å². The lowest BCUT2D eigenvalue weighted by atomic mass is 10.0. The molecule has 0 aliphatic carbocycles. The quantitative estimate of drug-likeness (QED) is 0.858. The summed E-state index contributed by atoms with van der Waals surface area (Å²) in [4.78, 5) is 14.9. The van der Waals surface area contributed by atoms with Crippen LogP contribution in [0.5, 0.6) is 0 Å². The Labute approximate surface area is 126 Å². The van der Waals surface area contributed by atoms with E-state index in [1.807, 2.05) is 0 Å². The summed E-state index contributed by atoms with van der Waals surface area (Å²) in [7, 11) is 0. The Balaban J connectivity index is 2.17. The minimum Gasteiger partial charge on any atom is -0.369 e. The van der Waals surface area contributed by atoms with Gasteiger partial charge in [-0.2, -0.15) is 0 Å². The van der Waals surface area contributed by atoms with Crippen LogP contribution in [0, 0.1) is 5.92 Å². The molecule has 0 radical (unpaired) electrons. The Morgan fingerprint density at radius 2 is 2.42 bits per heavy atom. The van der Waals surface area contributed by atoms with E-state index in [2.05, 4.69) is 39.2 Å². The van der Waals surface area contributed by atoms with Gasteiger partial charge in [-0.25, -0.2) is 0 Å². The number of rotatable bonds is 5. The van der Waals surface area contributed by atoms with Crippen LogP contribution in [-0.4, -0.2) is 29.9 Å². The van der Waals surface area contributed by atoms with Gasteiger partial charge in [0.25, 0.3) is 0 Å². The lowest BCUT2D eigenvalue weighted by Crippen LogP contribution is -2.40. The van der Waals surface area contributed by atoms with Gasteiger partial charge in [0.2, 0.25) is 5.91 Å². The number of primary amides is 1. The normalized spacial score (nSPS) is 23.4. The fourth-order valence-corrected chi connectivity index (χ4v) is 4.29. The summed E-state index contributed by atoms with van der Waals surface area (Å²) in [5, 5.41) is 2.08. The molecular formula is C13H20BrN3OS. The Morgan fingerprint density at radius 1 is 1.68 bits per heavy atom. The minimum atomic E-state index is -0.196. The van der Waals surface area contributed by atoms with E-state index in [0.717, 1.165) is 30.4 Å².